The Hall–Kier alpha value is -3.10. The van der Waals surface area contributed by atoms with Gasteiger partial charge in [-0.25, -0.2) is 4.98 Å². The number of primary amides is 1. The lowest BCUT2D eigenvalue weighted by Crippen LogP contribution is -2.38. The molecule has 2 amide bonds. The van der Waals surface area contributed by atoms with Crippen LogP contribution >= 0.6 is 0 Å². The van der Waals surface area contributed by atoms with E-state index >= 15 is 0 Å². The van der Waals surface area contributed by atoms with E-state index in [4.69, 9.17) is 5.73 Å². The van der Waals surface area contributed by atoms with Gasteiger partial charge >= 0.3 is 0 Å². The van der Waals surface area contributed by atoms with Crippen molar-refractivity contribution in [3.63, 3.8) is 0 Å². The van der Waals surface area contributed by atoms with E-state index in [0.29, 0.717) is 36.5 Å². The number of nitrogens with one attached hydrogen (secondary N) is 1. The number of nitrogens with two attached hydrogens (primary N) is 1. The molecule has 27 heavy (non-hydrogen) atoms. The largest absolute Gasteiger partial charge is 0.506 e. The summed E-state index contributed by atoms with van der Waals surface area (Å²) >= 11 is 0. The third-order valence-electron chi connectivity index (χ3n) is 4.57. The summed E-state index contributed by atoms with van der Waals surface area (Å²) in [4.78, 5) is 28.7. The lowest BCUT2D eigenvalue weighted by atomic mass is 10.1. The fourth-order valence-corrected chi connectivity index (χ4v) is 3.32. The normalized spacial score (nSPS) is 16.6. The van der Waals surface area contributed by atoms with Crippen LogP contribution in [-0.2, 0) is 11.3 Å². The molecule has 9 nitrogen and oxygen atoms in total. The molecule has 1 aromatic carbocycles. The molecule has 0 bridgehead atoms. The number of aromatic nitrogens is 2. The second kappa shape index (κ2) is 7.26. The molecule has 0 spiro atoms. The van der Waals surface area contributed by atoms with Gasteiger partial charge in [-0.2, -0.15) is 5.10 Å². The predicted octanol–water partition coefficient (Wildman–Crippen LogP) is 1.66. The molecule has 2 heterocycles. The first-order valence-corrected chi connectivity index (χ1v) is 9.00. The minimum Gasteiger partial charge on any atom is -0.506 e. The van der Waals surface area contributed by atoms with Crippen molar-refractivity contribution >= 4 is 34.5 Å². The van der Waals surface area contributed by atoms with E-state index in [1.165, 1.54) is 6.07 Å². The Morgan fingerprint density at radius 1 is 1.37 bits per heavy atom. The number of carbonyl (C=O) groups excluding carboxylic acids is 2. The quantitative estimate of drug-likeness (QED) is 0.711. The number of likely N-dealkylation sites (N-methyl/N-ethyl adjacent to an activating group) is 1. The molecule has 1 aliphatic heterocycles. The third kappa shape index (κ3) is 3.44. The van der Waals surface area contributed by atoms with E-state index < -0.39 is 5.91 Å². The molecule has 1 aromatic heterocycles. The summed E-state index contributed by atoms with van der Waals surface area (Å²) in [5, 5.41) is 19.2. The molecule has 1 atom stereocenters. The van der Waals surface area contributed by atoms with Crippen LogP contribution in [0.25, 0.3) is 11.0 Å². The number of fused-ring (bicyclic) bond motifs is 1. The van der Waals surface area contributed by atoms with Crippen LogP contribution in [0.4, 0.5) is 5.95 Å². The van der Waals surface area contributed by atoms with Gasteiger partial charge in [-0.3, -0.25) is 19.9 Å². The first-order valence-electron chi connectivity index (χ1n) is 9.00. The summed E-state index contributed by atoms with van der Waals surface area (Å²) in [6, 6.07) is 2.48. The molecular formula is C18H24N6O3. The number of amides is 2. The summed E-state index contributed by atoms with van der Waals surface area (Å²) in [6.45, 7) is 7.01. The molecule has 0 unspecified atom stereocenters. The number of imidazole rings is 1. The Morgan fingerprint density at radius 2 is 2.11 bits per heavy atom. The Kier molecular flexibility index (Phi) is 5.02. The van der Waals surface area contributed by atoms with Crippen LogP contribution in [-0.4, -0.2) is 49.8 Å². The van der Waals surface area contributed by atoms with Crippen LogP contribution in [0.3, 0.4) is 0 Å². The first-order chi connectivity index (χ1) is 12.8. The predicted molar refractivity (Wildman–Crippen MR) is 103 cm³/mol. The number of rotatable bonds is 6. The SMILES string of the molecule is CCCn1c(NC(=O)[C@@H]2CC(C)=NN2CC)nc2c(O)cc(C(N)=O)cc21. The van der Waals surface area contributed by atoms with E-state index in [-0.39, 0.29) is 23.3 Å². The van der Waals surface area contributed by atoms with Gasteiger partial charge in [0.2, 0.25) is 11.9 Å². The van der Waals surface area contributed by atoms with E-state index in [9.17, 15) is 14.7 Å². The summed E-state index contributed by atoms with van der Waals surface area (Å²) in [7, 11) is 0. The Bertz CT molecular complexity index is 933. The van der Waals surface area contributed by atoms with Crippen LogP contribution in [0.15, 0.2) is 17.2 Å². The summed E-state index contributed by atoms with van der Waals surface area (Å²) in [6.07, 6.45) is 1.34. The van der Waals surface area contributed by atoms with Gasteiger partial charge in [0.05, 0.1) is 5.52 Å². The molecule has 0 fully saturated rings. The van der Waals surface area contributed by atoms with Crippen molar-refractivity contribution in [1.29, 1.82) is 0 Å². The molecule has 144 valence electrons. The van der Waals surface area contributed by atoms with Crippen molar-refractivity contribution in [2.75, 3.05) is 11.9 Å². The van der Waals surface area contributed by atoms with Gasteiger partial charge in [0.15, 0.2) is 0 Å². The number of benzene rings is 1. The maximum Gasteiger partial charge on any atom is 0.251 e. The number of nitrogens with zero attached hydrogens (tertiary/aromatic N) is 4. The van der Waals surface area contributed by atoms with E-state index in [2.05, 4.69) is 15.4 Å². The highest BCUT2D eigenvalue weighted by atomic mass is 16.3. The van der Waals surface area contributed by atoms with Crippen LogP contribution in [0.1, 0.15) is 44.0 Å². The number of anilines is 1. The van der Waals surface area contributed by atoms with Gasteiger partial charge < -0.3 is 15.4 Å². The topological polar surface area (TPSA) is 126 Å². The molecule has 0 saturated heterocycles. The molecule has 3 rings (SSSR count). The summed E-state index contributed by atoms with van der Waals surface area (Å²) in [5.74, 6) is -0.671. The number of hydrazone groups is 1. The maximum absolute atomic E-state index is 12.8. The number of phenolic OH excluding ortho intramolecular Hbond substituents is 1. The van der Waals surface area contributed by atoms with Crippen LogP contribution in [0.5, 0.6) is 5.75 Å². The molecule has 1 aliphatic rings. The standard InChI is InChI=1S/C18H24N6O3/c1-4-6-23-12-8-11(16(19)26)9-14(25)15(12)20-18(23)21-17(27)13-7-10(3)22-24(13)5-2/h8-9,13,25H,4-7H2,1-3H3,(H2,19,26)(H,20,21,27)/t13-/m0/s1. The summed E-state index contributed by atoms with van der Waals surface area (Å²) < 4.78 is 1.78. The van der Waals surface area contributed by atoms with Crippen molar-refractivity contribution in [3.8, 4) is 5.75 Å². The van der Waals surface area contributed by atoms with Crippen molar-refractivity contribution in [1.82, 2.24) is 14.6 Å². The van der Waals surface area contributed by atoms with Gasteiger partial charge in [0.1, 0.15) is 17.3 Å². The van der Waals surface area contributed by atoms with Crippen LogP contribution in [0.2, 0.25) is 0 Å². The smallest absolute Gasteiger partial charge is 0.251 e. The molecule has 0 saturated carbocycles. The van der Waals surface area contributed by atoms with Crippen molar-refractivity contribution in [3.05, 3.63) is 17.7 Å². The van der Waals surface area contributed by atoms with E-state index in [1.807, 2.05) is 20.8 Å². The highest BCUT2D eigenvalue weighted by Crippen LogP contribution is 2.30. The Labute approximate surface area is 156 Å². The fraction of sp³-hybridized carbons (Fsp3) is 0.444. The number of hydrogen-bond acceptors (Lipinski definition) is 6. The summed E-state index contributed by atoms with van der Waals surface area (Å²) in [5.41, 5.74) is 7.30. The Morgan fingerprint density at radius 3 is 2.74 bits per heavy atom. The highest BCUT2D eigenvalue weighted by Gasteiger charge is 2.31. The average Bonchev–Trinajstić information content (AvgIpc) is 3.16. The number of carbonyl (C=O) groups is 2. The fourth-order valence-electron chi connectivity index (χ4n) is 3.32. The monoisotopic (exact) mass is 372 g/mol. The highest BCUT2D eigenvalue weighted by molar-refractivity contribution is 6.01. The number of phenols is 1. The Balaban J connectivity index is 1.98. The van der Waals surface area contributed by atoms with Crippen molar-refractivity contribution in [2.45, 2.75) is 46.2 Å². The zero-order valence-electron chi connectivity index (χ0n) is 15.7. The van der Waals surface area contributed by atoms with Crippen LogP contribution in [0, 0.1) is 0 Å². The molecular weight excluding hydrogens is 348 g/mol. The minimum absolute atomic E-state index is 0.151. The maximum atomic E-state index is 12.8. The molecule has 0 aliphatic carbocycles. The van der Waals surface area contributed by atoms with Gasteiger partial charge in [0, 0.05) is 30.8 Å². The second-order valence-electron chi connectivity index (χ2n) is 6.61. The number of hydrogen-bond donors (Lipinski definition) is 3. The second-order valence-corrected chi connectivity index (χ2v) is 6.61. The number of aryl methyl sites for hydroxylation is 1. The average molecular weight is 372 g/mol. The van der Waals surface area contributed by atoms with Gasteiger partial charge in [0.25, 0.3) is 5.91 Å². The molecule has 4 N–H and O–H groups in total. The third-order valence-corrected chi connectivity index (χ3v) is 4.57. The van der Waals surface area contributed by atoms with Gasteiger partial charge in [-0.05, 0) is 32.4 Å². The van der Waals surface area contributed by atoms with Gasteiger partial charge in [-0.1, -0.05) is 6.92 Å². The lowest BCUT2D eigenvalue weighted by Gasteiger charge is -2.21. The van der Waals surface area contributed by atoms with E-state index in [0.717, 1.165) is 12.1 Å². The van der Waals surface area contributed by atoms with Gasteiger partial charge in [-0.15, -0.1) is 0 Å². The molecule has 9 heteroatoms. The minimum atomic E-state index is -0.640. The number of aromatic hydroxyl groups is 1. The lowest BCUT2D eigenvalue weighted by molar-refractivity contribution is -0.120. The molecule has 0 radical (unpaired) electrons. The zero-order chi connectivity index (χ0) is 19.7. The first kappa shape index (κ1) is 18.7. The van der Waals surface area contributed by atoms with Crippen molar-refractivity contribution < 1.29 is 14.7 Å². The zero-order valence-corrected chi connectivity index (χ0v) is 15.7. The van der Waals surface area contributed by atoms with Crippen molar-refractivity contribution in [2.24, 2.45) is 10.8 Å². The van der Waals surface area contributed by atoms with E-state index in [1.54, 1.807) is 15.6 Å². The van der Waals surface area contributed by atoms with Crippen LogP contribution < -0.4 is 11.1 Å². The molecule has 2 aromatic rings.